The highest BCUT2D eigenvalue weighted by Gasteiger charge is 2.44. The van der Waals surface area contributed by atoms with Gasteiger partial charge < -0.3 is 20.2 Å². The highest BCUT2D eigenvalue weighted by Crippen LogP contribution is 2.18. The lowest BCUT2D eigenvalue weighted by Crippen LogP contribution is -2.70. The van der Waals surface area contributed by atoms with Gasteiger partial charge in [-0.05, 0) is 19.1 Å². The zero-order chi connectivity index (χ0) is 16.6. The van der Waals surface area contributed by atoms with E-state index in [1.54, 1.807) is 17.0 Å². The summed E-state index contributed by atoms with van der Waals surface area (Å²) in [4.78, 5) is 39.9. The van der Waals surface area contributed by atoms with Crippen molar-refractivity contribution >= 4 is 17.7 Å². The summed E-state index contributed by atoms with van der Waals surface area (Å²) in [5.74, 6) is -0.765. The van der Waals surface area contributed by atoms with Gasteiger partial charge in [0, 0.05) is 18.7 Å². The van der Waals surface area contributed by atoms with Crippen LogP contribution in [0.5, 0.6) is 0 Å². The lowest BCUT2D eigenvalue weighted by atomic mass is 10.0. The fourth-order valence-electron chi connectivity index (χ4n) is 2.99. The molecule has 2 aliphatic heterocycles. The monoisotopic (exact) mass is 317 g/mol. The van der Waals surface area contributed by atoms with E-state index in [9.17, 15) is 14.4 Å². The number of hydrogen-bond acceptors (Lipinski definition) is 4. The van der Waals surface area contributed by atoms with E-state index in [0.717, 1.165) is 5.56 Å². The zero-order valence-corrected chi connectivity index (χ0v) is 12.9. The summed E-state index contributed by atoms with van der Waals surface area (Å²) in [6.07, 6.45) is 0. The molecule has 0 saturated carbocycles. The number of rotatable bonds is 2. The van der Waals surface area contributed by atoms with Crippen molar-refractivity contribution in [2.24, 2.45) is 0 Å². The van der Waals surface area contributed by atoms with Gasteiger partial charge in [0.2, 0.25) is 11.8 Å². The van der Waals surface area contributed by atoms with Gasteiger partial charge in [0.15, 0.2) is 0 Å². The number of aliphatic hydroxyl groups excluding tert-OH is 1. The van der Waals surface area contributed by atoms with E-state index in [0.29, 0.717) is 18.7 Å². The van der Waals surface area contributed by atoms with Crippen LogP contribution in [0.15, 0.2) is 24.3 Å². The number of piperazine rings is 2. The minimum absolute atomic E-state index is 0.144. The number of nitrogens with one attached hydrogen (secondary N) is 1. The molecule has 2 fully saturated rings. The van der Waals surface area contributed by atoms with Crippen molar-refractivity contribution < 1.29 is 19.5 Å². The maximum absolute atomic E-state index is 12.5. The Labute approximate surface area is 133 Å². The van der Waals surface area contributed by atoms with Gasteiger partial charge in [-0.15, -0.1) is 0 Å². The zero-order valence-electron chi connectivity index (χ0n) is 12.9. The molecule has 0 bridgehead atoms. The Morgan fingerprint density at radius 3 is 2.61 bits per heavy atom. The molecule has 7 nitrogen and oxygen atoms in total. The number of aryl methyl sites for hydroxylation is 1. The summed E-state index contributed by atoms with van der Waals surface area (Å²) < 4.78 is 0. The lowest BCUT2D eigenvalue weighted by molar-refractivity contribution is -0.153. The molecule has 23 heavy (non-hydrogen) atoms. The number of carbonyl (C=O) groups is 3. The molecule has 0 spiro atoms. The molecule has 7 heteroatoms. The quantitative estimate of drug-likeness (QED) is 0.743. The number of hydrogen-bond donors (Lipinski definition) is 2. The Kier molecular flexibility index (Phi) is 4.04. The highest BCUT2D eigenvalue weighted by atomic mass is 16.3. The highest BCUT2D eigenvalue weighted by molar-refractivity contribution is 5.99. The van der Waals surface area contributed by atoms with Crippen LogP contribution in [0.3, 0.4) is 0 Å². The van der Waals surface area contributed by atoms with Crippen LogP contribution in [0.4, 0.5) is 0 Å². The van der Waals surface area contributed by atoms with Crippen LogP contribution in [0.2, 0.25) is 0 Å². The molecule has 2 aliphatic rings. The number of amides is 3. The fourth-order valence-corrected chi connectivity index (χ4v) is 2.99. The molecule has 2 heterocycles. The number of fused-ring (bicyclic) bond motifs is 1. The standard InChI is InChI=1S/C16H19N3O4/c1-10-2-4-11(5-3-10)15(22)18-6-7-19-13(8-18)14(21)17-12(9-20)16(19)23/h2-5,12-13,20H,6-9H2,1H3,(H,17,21)/t12-,13-/m1/s1. The van der Waals surface area contributed by atoms with E-state index in [2.05, 4.69) is 5.32 Å². The van der Waals surface area contributed by atoms with Crippen LogP contribution in [0.25, 0.3) is 0 Å². The minimum Gasteiger partial charge on any atom is -0.394 e. The SMILES string of the molecule is Cc1ccc(C(=O)N2CCN3C(=O)[C@@H](CO)NC(=O)[C@H]3C2)cc1. The molecule has 0 aromatic heterocycles. The summed E-state index contributed by atoms with van der Waals surface area (Å²) >= 11 is 0. The number of aliphatic hydroxyl groups is 1. The Morgan fingerprint density at radius 2 is 1.96 bits per heavy atom. The summed E-state index contributed by atoms with van der Waals surface area (Å²) in [7, 11) is 0. The molecule has 0 unspecified atom stereocenters. The van der Waals surface area contributed by atoms with E-state index in [4.69, 9.17) is 5.11 Å². The molecular weight excluding hydrogens is 298 g/mol. The molecule has 3 amide bonds. The molecule has 3 rings (SSSR count). The maximum Gasteiger partial charge on any atom is 0.253 e. The average molecular weight is 317 g/mol. The van der Waals surface area contributed by atoms with Crippen molar-refractivity contribution in [3.8, 4) is 0 Å². The van der Waals surface area contributed by atoms with Crippen LogP contribution < -0.4 is 5.32 Å². The van der Waals surface area contributed by atoms with Crippen molar-refractivity contribution in [1.29, 1.82) is 0 Å². The summed E-state index contributed by atoms with van der Waals surface area (Å²) in [6.45, 7) is 2.37. The topological polar surface area (TPSA) is 90.0 Å². The molecule has 0 radical (unpaired) electrons. The van der Waals surface area contributed by atoms with E-state index in [1.165, 1.54) is 4.90 Å². The van der Waals surface area contributed by atoms with Crippen LogP contribution in [-0.2, 0) is 9.59 Å². The Bertz CT molecular complexity index is 643. The summed E-state index contributed by atoms with van der Waals surface area (Å²) in [5, 5.41) is 11.7. The van der Waals surface area contributed by atoms with E-state index in [1.807, 2.05) is 19.1 Å². The maximum atomic E-state index is 12.5. The first-order valence-corrected chi connectivity index (χ1v) is 7.59. The number of benzene rings is 1. The number of carbonyl (C=O) groups excluding carboxylic acids is 3. The Morgan fingerprint density at radius 1 is 1.26 bits per heavy atom. The van der Waals surface area contributed by atoms with Gasteiger partial charge in [0.25, 0.3) is 5.91 Å². The molecule has 2 atom stereocenters. The first-order valence-electron chi connectivity index (χ1n) is 7.59. The van der Waals surface area contributed by atoms with Crippen LogP contribution in [0, 0.1) is 6.92 Å². The smallest absolute Gasteiger partial charge is 0.253 e. The first-order chi connectivity index (χ1) is 11.0. The van der Waals surface area contributed by atoms with Crippen molar-refractivity contribution in [2.45, 2.75) is 19.0 Å². The van der Waals surface area contributed by atoms with Crippen molar-refractivity contribution in [3.63, 3.8) is 0 Å². The number of nitrogens with zero attached hydrogens (tertiary/aromatic N) is 2. The Hall–Kier alpha value is -2.41. The van der Waals surface area contributed by atoms with E-state index < -0.39 is 18.7 Å². The molecule has 2 saturated heterocycles. The van der Waals surface area contributed by atoms with Gasteiger partial charge in [-0.25, -0.2) is 0 Å². The molecule has 0 aliphatic carbocycles. The van der Waals surface area contributed by atoms with Gasteiger partial charge in [-0.2, -0.15) is 0 Å². The largest absolute Gasteiger partial charge is 0.394 e. The predicted octanol–water partition coefficient (Wildman–Crippen LogP) is -0.861. The lowest BCUT2D eigenvalue weighted by Gasteiger charge is -2.44. The molecule has 1 aromatic rings. The third-order valence-corrected chi connectivity index (χ3v) is 4.35. The summed E-state index contributed by atoms with van der Waals surface area (Å²) in [6, 6.07) is 5.69. The second-order valence-electron chi connectivity index (χ2n) is 5.91. The molecular formula is C16H19N3O4. The van der Waals surface area contributed by atoms with Gasteiger partial charge in [-0.1, -0.05) is 17.7 Å². The van der Waals surface area contributed by atoms with Gasteiger partial charge in [-0.3, -0.25) is 14.4 Å². The molecule has 1 aromatic carbocycles. The fraction of sp³-hybridized carbons (Fsp3) is 0.438. The second-order valence-corrected chi connectivity index (χ2v) is 5.91. The van der Waals surface area contributed by atoms with Crippen molar-refractivity contribution in [2.75, 3.05) is 26.2 Å². The third-order valence-electron chi connectivity index (χ3n) is 4.35. The molecule has 122 valence electrons. The van der Waals surface area contributed by atoms with Crippen LogP contribution in [-0.4, -0.2) is 71.0 Å². The summed E-state index contributed by atoms with van der Waals surface area (Å²) in [5.41, 5.74) is 1.64. The van der Waals surface area contributed by atoms with Gasteiger partial charge in [0.05, 0.1) is 13.2 Å². The van der Waals surface area contributed by atoms with E-state index >= 15 is 0 Å². The average Bonchev–Trinajstić information content (AvgIpc) is 2.57. The van der Waals surface area contributed by atoms with Crippen molar-refractivity contribution in [3.05, 3.63) is 35.4 Å². The first kappa shape index (κ1) is 15.5. The normalized spacial score (nSPS) is 24.3. The van der Waals surface area contributed by atoms with Crippen molar-refractivity contribution in [1.82, 2.24) is 15.1 Å². The van der Waals surface area contributed by atoms with Crippen LogP contribution in [0.1, 0.15) is 15.9 Å². The predicted molar refractivity (Wildman–Crippen MR) is 81.6 cm³/mol. The van der Waals surface area contributed by atoms with E-state index in [-0.39, 0.29) is 24.3 Å². The van der Waals surface area contributed by atoms with Gasteiger partial charge >= 0.3 is 0 Å². The molecule has 2 N–H and O–H groups in total. The Balaban J connectivity index is 1.75. The van der Waals surface area contributed by atoms with Gasteiger partial charge in [0.1, 0.15) is 12.1 Å². The minimum atomic E-state index is -0.877. The van der Waals surface area contributed by atoms with Crippen LogP contribution >= 0.6 is 0 Å². The second kappa shape index (κ2) is 6.00. The third kappa shape index (κ3) is 2.79.